The molecule has 2 heterocycles. The number of piperazine rings is 1. The third kappa shape index (κ3) is 6.61. The number of benzene rings is 2. The summed E-state index contributed by atoms with van der Waals surface area (Å²) >= 11 is 1.38. The van der Waals surface area contributed by atoms with E-state index in [1.807, 2.05) is 59.5 Å². The molecule has 2 aromatic carbocycles. The second kappa shape index (κ2) is 11.9. The van der Waals surface area contributed by atoms with Gasteiger partial charge >= 0.3 is 12.1 Å². The van der Waals surface area contributed by atoms with Crippen LogP contribution < -0.4 is 4.90 Å². The molecule has 2 saturated heterocycles. The van der Waals surface area contributed by atoms with Gasteiger partial charge in [0.15, 0.2) is 6.10 Å². The van der Waals surface area contributed by atoms with E-state index in [-0.39, 0.29) is 31.6 Å². The molecule has 9 nitrogen and oxygen atoms in total. The number of thioether (sulfide) groups is 1. The quantitative estimate of drug-likeness (QED) is 0.323. The average molecular weight is 497 g/mol. The molecule has 1 N–H and O–H groups in total. The van der Waals surface area contributed by atoms with Gasteiger partial charge in [0.25, 0.3) is 5.91 Å². The van der Waals surface area contributed by atoms with Crippen molar-refractivity contribution >= 4 is 41.0 Å². The van der Waals surface area contributed by atoms with Crippen LogP contribution in [0.3, 0.4) is 0 Å². The number of carbonyl (C=O) groups excluding carboxylic acids is 3. The maximum atomic E-state index is 13.0. The Morgan fingerprint density at radius 3 is 2.43 bits per heavy atom. The van der Waals surface area contributed by atoms with Crippen LogP contribution in [-0.2, 0) is 31.4 Å². The third-order valence-electron chi connectivity index (χ3n) is 5.95. The van der Waals surface area contributed by atoms with E-state index < -0.39 is 12.2 Å². The van der Waals surface area contributed by atoms with Crippen LogP contribution in [-0.4, -0.2) is 78.7 Å². The van der Waals surface area contributed by atoms with E-state index in [4.69, 9.17) is 14.9 Å². The number of cyclic esters (lactones) is 1. The van der Waals surface area contributed by atoms with E-state index in [2.05, 4.69) is 0 Å². The minimum atomic E-state index is -0.849. The lowest BCUT2D eigenvalue weighted by atomic mass is 10.2. The van der Waals surface area contributed by atoms with Gasteiger partial charge in [-0.25, -0.2) is 4.79 Å². The van der Waals surface area contributed by atoms with Crippen LogP contribution in [0.5, 0.6) is 0 Å². The lowest BCUT2D eigenvalue weighted by Crippen LogP contribution is -2.53. The highest BCUT2D eigenvalue weighted by Gasteiger charge is 2.39. The number of hydrogen-bond donors (Lipinski definition) is 1. The molecule has 0 radical (unpaired) electrons. The molecule has 4 rings (SSSR count). The Kier molecular flexibility index (Phi) is 8.38. The fourth-order valence-corrected chi connectivity index (χ4v) is 4.48. The normalized spacial score (nSPS) is 18.3. The predicted octanol–water partition coefficient (Wildman–Crippen LogP) is 2.74. The summed E-state index contributed by atoms with van der Waals surface area (Å²) in [5, 5.41) is 7.10. The van der Waals surface area contributed by atoms with Crippen molar-refractivity contribution in [3.63, 3.8) is 0 Å². The van der Waals surface area contributed by atoms with Gasteiger partial charge in [0.05, 0.1) is 18.6 Å². The summed E-state index contributed by atoms with van der Waals surface area (Å²) in [6.07, 6.45) is -1.39. The van der Waals surface area contributed by atoms with Crippen molar-refractivity contribution in [3.05, 3.63) is 65.7 Å². The molecule has 2 aromatic rings. The zero-order chi connectivity index (χ0) is 24.6. The molecule has 0 aliphatic carbocycles. The summed E-state index contributed by atoms with van der Waals surface area (Å²) in [4.78, 5) is 42.7. The van der Waals surface area contributed by atoms with Gasteiger partial charge in [-0.15, -0.1) is 11.8 Å². The number of ether oxygens (including phenoxy) is 2. The van der Waals surface area contributed by atoms with Crippen molar-refractivity contribution in [1.29, 1.82) is 5.41 Å². The monoisotopic (exact) mass is 496 g/mol. The van der Waals surface area contributed by atoms with E-state index in [0.717, 1.165) is 11.1 Å². The minimum absolute atomic E-state index is 0.165. The number of nitrogens with zero attached hydrogens (tertiary/aromatic N) is 3. The maximum absolute atomic E-state index is 13.0. The molecular weight excluding hydrogens is 468 g/mol. The number of carbonyl (C=O) groups is 3. The van der Waals surface area contributed by atoms with Gasteiger partial charge in [-0.3, -0.25) is 19.4 Å². The Bertz CT molecular complexity index is 1040. The van der Waals surface area contributed by atoms with E-state index in [1.54, 1.807) is 4.90 Å². The van der Waals surface area contributed by atoms with Crippen LogP contribution in [0, 0.1) is 5.41 Å². The van der Waals surface area contributed by atoms with Crippen molar-refractivity contribution in [3.8, 4) is 0 Å². The molecule has 0 spiro atoms. The summed E-state index contributed by atoms with van der Waals surface area (Å²) in [7, 11) is 0. The Labute approximate surface area is 208 Å². The highest BCUT2D eigenvalue weighted by atomic mass is 32.2. The van der Waals surface area contributed by atoms with Crippen molar-refractivity contribution in [2.45, 2.75) is 18.5 Å². The van der Waals surface area contributed by atoms with Gasteiger partial charge in [-0.2, -0.15) is 0 Å². The van der Waals surface area contributed by atoms with Gasteiger partial charge in [0.1, 0.15) is 6.61 Å². The smallest absolute Gasteiger partial charge is 0.415 e. The molecule has 2 aliphatic heterocycles. The first-order valence-corrected chi connectivity index (χ1v) is 12.5. The lowest BCUT2D eigenvalue weighted by Gasteiger charge is -2.34. The first-order valence-electron chi connectivity index (χ1n) is 11.4. The molecule has 2 amide bonds. The molecule has 0 bridgehead atoms. The molecule has 0 saturated carbocycles. The van der Waals surface area contributed by atoms with Gasteiger partial charge in [0.2, 0.25) is 0 Å². The van der Waals surface area contributed by atoms with E-state index in [1.165, 1.54) is 22.2 Å². The zero-order valence-corrected chi connectivity index (χ0v) is 20.1. The molecule has 184 valence electrons. The van der Waals surface area contributed by atoms with Crippen molar-refractivity contribution < 1.29 is 23.9 Å². The number of nitrogens with one attached hydrogen (secondary N) is 1. The summed E-state index contributed by atoms with van der Waals surface area (Å²) in [6.45, 7) is 2.59. The third-order valence-corrected chi connectivity index (χ3v) is 6.61. The highest BCUT2D eigenvalue weighted by molar-refractivity contribution is 8.11. The summed E-state index contributed by atoms with van der Waals surface area (Å²) < 4.78 is 10.7. The first-order chi connectivity index (χ1) is 17.0. The van der Waals surface area contributed by atoms with Crippen molar-refractivity contribution in [1.82, 2.24) is 9.80 Å². The number of amides is 2. The Balaban J connectivity index is 1.22. The van der Waals surface area contributed by atoms with E-state index in [0.29, 0.717) is 37.6 Å². The second-order valence-corrected chi connectivity index (χ2v) is 9.18. The largest absolute Gasteiger partial charge is 0.460 e. The van der Waals surface area contributed by atoms with Crippen LogP contribution in [0.15, 0.2) is 54.6 Å². The molecular formula is C25H28N4O5S. The van der Waals surface area contributed by atoms with Crippen molar-refractivity contribution in [2.24, 2.45) is 0 Å². The molecule has 10 heteroatoms. The number of anilines is 1. The highest BCUT2D eigenvalue weighted by Crippen LogP contribution is 2.24. The fraction of sp³-hybridized carbons (Fsp3) is 0.360. The number of rotatable bonds is 9. The van der Waals surface area contributed by atoms with Crippen LogP contribution in [0.4, 0.5) is 10.5 Å². The average Bonchev–Trinajstić information content (AvgIpc) is 3.28. The first kappa shape index (κ1) is 24.7. The Morgan fingerprint density at radius 1 is 1.03 bits per heavy atom. The zero-order valence-electron chi connectivity index (χ0n) is 19.3. The van der Waals surface area contributed by atoms with Crippen LogP contribution in [0.2, 0.25) is 0 Å². The van der Waals surface area contributed by atoms with Crippen molar-refractivity contribution in [2.75, 3.05) is 44.2 Å². The summed E-state index contributed by atoms with van der Waals surface area (Å²) in [6, 6.07) is 17.0. The minimum Gasteiger partial charge on any atom is -0.460 e. The van der Waals surface area contributed by atoms with Crippen LogP contribution >= 0.6 is 11.8 Å². The molecule has 1 atom stereocenters. The van der Waals surface area contributed by atoms with Gasteiger partial charge in [0, 0.05) is 37.6 Å². The second-order valence-electron chi connectivity index (χ2n) is 8.33. The molecule has 0 aromatic heterocycles. The topological polar surface area (TPSA) is 103 Å². The summed E-state index contributed by atoms with van der Waals surface area (Å²) in [5.41, 5.74) is 3.95. The Hall–Kier alpha value is -3.37. The molecule has 1 unspecified atom stereocenters. The molecule has 2 fully saturated rings. The molecule has 35 heavy (non-hydrogen) atoms. The van der Waals surface area contributed by atoms with Gasteiger partial charge < -0.3 is 19.8 Å². The molecule has 2 aliphatic rings. The number of esters is 1. The van der Waals surface area contributed by atoms with E-state index in [9.17, 15) is 14.4 Å². The van der Waals surface area contributed by atoms with Crippen LogP contribution in [0.25, 0.3) is 0 Å². The van der Waals surface area contributed by atoms with E-state index >= 15 is 0 Å². The fourth-order valence-electron chi connectivity index (χ4n) is 4.01. The standard InChI is InChI=1S/C25H28N4O5S/c26-18-35-17-20-6-8-21(9-7-20)29-14-22(34-25(29)32)24(31)28-12-10-27(11-13-28)15-23(30)33-16-19-4-2-1-3-5-19/h1-9,18,22,26H,10-17H2. The van der Waals surface area contributed by atoms with Gasteiger partial charge in [-0.1, -0.05) is 42.5 Å². The summed E-state index contributed by atoms with van der Waals surface area (Å²) in [5.74, 6) is 0.175. The van der Waals surface area contributed by atoms with Crippen LogP contribution in [0.1, 0.15) is 11.1 Å². The maximum Gasteiger partial charge on any atom is 0.415 e. The Morgan fingerprint density at radius 2 is 1.74 bits per heavy atom. The lowest BCUT2D eigenvalue weighted by molar-refractivity contribution is -0.147. The number of hydrogen-bond acceptors (Lipinski definition) is 8. The van der Waals surface area contributed by atoms with Gasteiger partial charge in [-0.05, 0) is 23.3 Å². The predicted molar refractivity (Wildman–Crippen MR) is 133 cm³/mol. The SMILES string of the molecule is N=CSCc1ccc(N2CC(C(=O)N3CCN(CC(=O)OCc4ccccc4)CC3)OC2=O)cc1.